The molecule has 0 radical (unpaired) electrons. The summed E-state index contributed by atoms with van der Waals surface area (Å²) in [6.07, 6.45) is 0.188. The van der Waals surface area contributed by atoms with E-state index in [1.54, 1.807) is 11.8 Å². The SMILES string of the molecule is CC(C)OCCOC(=O)CSC(C)(C)C. The van der Waals surface area contributed by atoms with Crippen molar-refractivity contribution >= 4 is 17.7 Å². The molecule has 0 bridgehead atoms. The van der Waals surface area contributed by atoms with E-state index in [0.717, 1.165) is 0 Å². The summed E-state index contributed by atoms with van der Waals surface area (Å²) in [5.74, 6) is 0.243. The number of thioether (sulfide) groups is 1. The topological polar surface area (TPSA) is 35.5 Å². The molecular formula is C11H22O3S. The molecule has 15 heavy (non-hydrogen) atoms. The molecule has 90 valence electrons. The molecule has 0 aromatic heterocycles. The lowest BCUT2D eigenvalue weighted by Gasteiger charge is -2.16. The molecule has 0 saturated heterocycles. The van der Waals surface area contributed by atoms with E-state index in [1.165, 1.54) is 0 Å². The van der Waals surface area contributed by atoms with Crippen molar-refractivity contribution in [2.75, 3.05) is 19.0 Å². The summed E-state index contributed by atoms with van der Waals surface area (Å²) in [5.41, 5.74) is 0. The summed E-state index contributed by atoms with van der Waals surface area (Å²) < 4.78 is 10.4. The molecule has 0 amide bonds. The van der Waals surface area contributed by atoms with Gasteiger partial charge in [-0.3, -0.25) is 4.79 Å². The van der Waals surface area contributed by atoms with E-state index in [9.17, 15) is 4.79 Å². The van der Waals surface area contributed by atoms with Crippen LogP contribution < -0.4 is 0 Å². The number of carbonyl (C=O) groups is 1. The number of ether oxygens (including phenoxy) is 2. The molecule has 0 aliphatic heterocycles. The predicted molar refractivity (Wildman–Crippen MR) is 64.3 cm³/mol. The van der Waals surface area contributed by atoms with Crippen LogP contribution in [0.15, 0.2) is 0 Å². The van der Waals surface area contributed by atoms with Crippen LogP contribution in [0.4, 0.5) is 0 Å². The molecule has 0 atom stereocenters. The average molecular weight is 234 g/mol. The molecule has 3 nitrogen and oxygen atoms in total. The third-order valence-corrected chi connectivity index (χ3v) is 2.67. The van der Waals surface area contributed by atoms with Crippen LogP contribution in [0.25, 0.3) is 0 Å². The summed E-state index contributed by atoms with van der Waals surface area (Å²) in [7, 11) is 0. The highest BCUT2D eigenvalue weighted by Gasteiger charge is 2.13. The molecule has 0 aliphatic rings. The van der Waals surface area contributed by atoms with Gasteiger partial charge in [0, 0.05) is 4.75 Å². The summed E-state index contributed by atoms with van der Waals surface area (Å²) in [4.78, 5) is 11.2. The highest BCUT2D eigenvalue weighted by Crippen LogP contribution is 2.22. The highest BCUT2D eigenvalue weighted by atomic mass is 32.2. The van der Waals surface area contributed by atoms with Crippen LogP contribution in [-0.4, -0.2) is 35.8 Å². The third kappa shape index (κ3) is 11.7. The number of esters is 1. The lowest BCUT2D eigenvalue weighted by atomic mass is 10.3. The van der Waals surface area contributed by atoms with E-state index in [1.807, 2.05) is 13.8 Å². The second kappa shape index (κ2) is 7.12. The molecule has 0 saturated carbocycles. The Kier molecular flexibility index (Phi) is 7.02. The average Bonchev–Trinajstić information content (AvgIpc) is 2.07. The van der Waals surface area contributed by atoms with E-state index < -0.39 is 0 Å². The summed E-state index contributed by atoms with van der Waals surface area (Å²) in [6.45, 7) is 11.0. The minimum absolute atomic E-state index is 0.105. The van der Waals surface area contributed by atoms with E-state index >= 15 is 0 Å². The van der Waals surface area contributed by atoms with Crippen LogP contribution in [0.1, 0.15) is 34.6 Å². The first kappa shape index (κ1) is 14.8. The van der Waals surface area contributed by atoms with Crippen molar-refractivity contribution < 1.29 is 14.3 Å². The second-order valence-electron chi connectivity index (χ2n) is 4.54. The molecule has 0 spiro atoms. The van der Waals surface area contributed by atoms with Crippen molar-refractivity contribution in [2.45, 2.75) is 45.5 Å². The molecule has 0 aromatic carbocycles. The molecule has 4 heteroatoms. The Morgan fingerprint density at radius 2 is 1.87 bits per heavy atom. The monoisotopic (exact) mass is 234 g/mol. The molecule has 0 aromatic rings. The van der Waals surface area contributed by atoms with Gasteiger partial charge in [0.05, 0.1) is 18.5 Å². The van der Waals surface area contributed by atoms with E-state index in [2.05, 4.69) is 20.8 Å². The minimum Gasteiger partial charge on any atom is -0.463 e. The maximum Gasteiger partial charge on any atom is 0.315 e. The fraction of sp³-hybridized carbons (Fsp3) is 0.909. The largest absolute Gasteiger partial charge is 0.463 e. The van der Waals surface area contributed by atoms with E-state index in [-0.39, 0.29) is 16.8 Å². The van der Waals surface area contributed by atoms with Gasteiger partial charge in [-0.05, 0) is 13.8 Å². The van der Waals surface area contributed by atoms with E-state index in [4.69, 9.17) is 9.47 Å². The Hall–Kier alpha value is -0.220. The zero-order valence-electron chi connectivity index (χ0n) is 10.3. The first-order chi connectivity index (χ1) is 6.81. The van der Waals surface area contributed by atoms with Gasteiger partial charge in [-0.2, -0.15) is 0 Å². The van der Waals surface area contributed by atoms with Crippen molar-refractivity contribution in [1.82, 2.24) is 0 Å². The second-order valence-corrected chi connectivity index (χ2v) is 6.34. The van der Waals surface area contributed by atoms with Crippen molar-refractivity contribution in [3.05, 3.63) is 0 Å². The first-order valence-electron chi connectivity index (χ1n) is 5.22. The van der Waals surface area contributed by atoms with Crippen LogP contribution in [0.2, 0.25) is 0 Å². The predicted octanol–water partition coefficient (Wildman–Crippen LogP) is 2.49. The van der Waals surface area contributed by atoms with Gasteiger partial charge in [0.25, 0.3) is 0 Å². The molecule has 0 heterocycles. The zero-order valence-corrected chi connectivity index (χ0v) is 11.1. The fourth-order valence-electron chi connectivity index (χ4n) is 0.756. The Labute approximate surface area is 96.9 Å². The number of hydrogen-bond acceptors (Lipinski definition) is 4. The van der Waals surface area contributed by atoms with Crippen LogP contribution in [0.5, 0.6) is 0 Å². The normalized spacial score (nSPS) is 11.9. The maximum absolute atomic E-state index is 11.2. The number of rotatable bonds is 6. The molecule has 0 N–H and O–H groups in total. The van der Waals surface area contributed by atoms with Crippen molar-refractivity contribution in [3.63, 3.8) is 0 Å². The van der Waals surface area contributed by atoms with Crippen LogP contribution in [0, 0.1) is 0 Å². The number of carbonyl (C=O) groups excluding carboxylic acids is 1. The molecular weight excluding hydrogens is 212 g/mol. The highest BCUT2D eigenvalue weighted by molar-refractivity contribution is 8.01. The van der Waals surface area contributed by atoms with Gasteiger partial charge >= 0.3 is 5.97 Å². The summed E-state index contributed by atoms with van der Waals surface area (Å²) in [6, 6.07) is 0. The minimum atomic E-state index is -0.165. The van der Waals surface area contributed by atoms with Crippen LogP contribution in [-0.2, 0) is 14.3 Å². The Balaban J connectivity index is 3.42. The van der Waals surface area contributed by atoms with Crippen molar-refractivity contribution in [3.8, 4) is 0 Å². The van der Waals surface area contributed by atoms with Gasteiger partial charge in [-0.25, -0.2) is 0 Å². The molecule has 0 aliphatic carbocycles. The first-order valence-corrected chi connectivity index (χ1v) is 6.21. The van der Waals surface area contributed by atoms with E-state index in [0.29, 0.717) is 19.0 Å². The lowest BCUT2D eigenvalue weighted by molar-refractivity contribution is -0.142. The molecule has 0 fully saturated rings. The third-order valence-electron chi connectivity index (χ3n) is 1.42. The fourth-order valence-corrected chi connectivity index (χ4v) is 1.39. The van der Waals surface area contributed by atoms with Gasteiger partial charge < -0.3 is 9.47 Å². The smallest absolute Gasteiger partial charge is 0.315 e. The molecule has 0 rings (SSSR count). The van der Waals surface area contributed by atoms with Gasteiger partial charge in [-0.1, -0.05) is 20.8 Å². The van der Waals surface area contributed by atoms with Crippen LogP contribution in [0.3, 0.4) is 0 Å². The number of hydrogen-bond donors (Lipinski definition) is 0. The Morgan fingerprint density at radius 1 is 1.27 bits per heavy atom. The summed E-state index contributed by atoms with van der Waals surface area (Å²) in [5, 5.41) is 0. The van der Waals surface area contributed by atoms with Gasteiger partial charge in [0.15, 0.2) is 0 Å². The maximum atomic E-state index is 11.2. The quantitative estimate of drug-likeness (QED) is 0.522. The van der Waals surface area contributed by atoms with Gasteiger partial charge in [0.2, 0.25) is 0 Å². The van der Waals surface area contributed by atoms with Crippen molar-refractivity contribution in [2.24, 2.45) is 0 Å². The molecule has 0 unspecified atom stereocenters. The van der Waals surface area contributed by atoms with Crippen LogP contribution >= 0.6 is 11.8 Å². The summed E-state index contributed by atoms with van der Waals surface area (Å²) >= 11 is 1.59. The van der Waals surface area contributed by atoms with Crippen molar-refractivity contribution in [1.29, 1.82) is 0 Å². The van der Waals surface area contributed by atoms with Gasteiger partial charge in [-0.15, -0.1) is 11.8 Å². The lowest BCUT2D eigenvalue weighted by Crippen LogP contribution is -2.17. The Morgan fingerprint density at radius 3 is 2.33 bits per heavy atom. The van der Waals surface area contributed by atoms with Gasteiger partial charge in [0.1, 0.15) is 6.61 Å². The Bertz CT molecular complexity index is 185. The standard InChI is InChI=1S/C11H22O3S/c1-9(2)13-6-7-14-10(12)8-15-11(3,4)5/h9H,6-8H2,1-5H3. The zero-order chi connectivity index (χ0) is 11.9.